The maximum atomic E-state index is 5.81. The minimum absolute atomic E-state index is 0.630. The number of fused-ring (bicyclic) bond motifs is 1. The van der Waals surface area contributed by atoms with E-state index >= 15 is 0 Å². The lowest BCUT2D eigenvalue weighted by molar-refractivity contribution is 0.620. The van der Waals surface area contributed by atoms with Crippen LogP contribution in [0.2, 0.25) is 0 Å². The van der Waals surface area contributed by atoms with Crippen LogP contribution in [0.5, 0.6) is 0 Å². The van der Waals surface area contributed by atoms with Crippen molar-refractivity contribution < 1.29 is 4.42 Å². The molecule has 0 aliphatic carbocycles. The fourth-order valence-corrected chi connectivity index (χ4v) is 2.23. The van der Waals surface area contributed by atoms with Crippen LogP contribution in [0, 0.1) is 6.92 Å². The van der Waals surface area contributed by atoms with E-state index in [1.165, 1.54) is 5.56 Å². The van der Waals surface area contributed by atoms with E-state index in [-0.39, 0.29) is 0 Å². The molecule has 21 heavy (non-hydrogen) atoms. The molecule has 5 nitrogen and oxygen atoms in total. The van der Waals surface area contributed by atoms with Gasteiger partial charge in [0.2, 0.25) is 5.89 Å². The van der Waals surface area contributed by atoms with Gasteiger partial charge in [-0.2, -0.15) is 0 Å². The average molecular weight is 276 g/mol. The summed E-state index contributed by atoms with van der Waals surface area (Å²) < 4.78 is 7.65. The van der Waals surface area contributed by atoms with Crippen molar-refractivity contribution in [2.45, 2.75) is 6.92 Å². The predicted octanol–water partition coefficient (Wildman–Crippen LogP) is 3.38. The summed E-state index contributed by atoms with van der Waals surface area (Å²) in [5.74, 6) is 0.630. The zero-order valence-corrected chi connectivity index (χ0v) is 11.4. The summed E-state index contributed by atoms with van der Waals surface area (Å²) in [6.07, 6.45) is 3.31. The molecule has 0 saturated carbocycles. The first kappa shape index (κ1) is 11.8. The first-order valence-electron chi connectivity index (χ1n) is 6.62. The Kier molecular flexibility index (Phi) is 2.57. The van der Waals surface area contributed by atoms with E-state index < -0.39 is 0 Å². The van der Waals surface area contributed by atoms with Gasteiger partial charge in [-0.3, -0.25) is 4.57 Å². The standard InChI is InChI=1S/C16H12N4O/c1-11-2-4-12(5-3-11)16-19-14-8-13(6-7-15(14)21-16)20-9-17-18-10-20/h2-10H,1H3. The van der Waals surface area contributed by atoms with Gasteiger partial charge in [0.15, 0.2) is 5.58 Å². The monoisotopic (exact) mass is 276 g/mol. The highest BCUT2D eigenvalue weighted by atomic mass is 16.3. The number of benzene rings is 2. The fourth-order valence-electron chi connectivity index (χ4n) is 2.23. The van der Waals surface area contributed by atoms with E-state index in [1.54, 1.807) is 12.7 Å². The van der Waals surface area contributed by atoms with Crippen molar-refractivity contribution in [1.82, 2.24) is 19.7 Å². The lowest BCUT2D eigenvalue weighted by Gasteiger charge is -1.98. The average Bonchev–Trinajstić information content (AvgIpc) is 3.16. The molecule has 0 aliphatic rings. The normalized spacial score (nSPS) is 11.1. The first-order chi connectivity index (χ1) is 10.3. The molecule has 0 unspecified atom stereocenters. The summed E-state index contributed by atoms with van der Waals surface area (Å²) in [6.45, 7) is 2.06. The largest absolute Gasteiger partial charge is 0.436 e. The fraction of sp³-hybridized carbons (Fsp3) is 0.0625. The smallest absolute Gasteiger partial charge is 0.227 e. The topological polar surface area (TPSA) is 56.7 Å². The van der Waals surface area contributed by atoms with E-state index in [2.05, 4.69) is 22.1 Å². The Morgan fingerprint density at radius 2 is 1.71 bits per heavy atom. The molecule has 0 saturated heterocycles. The minimum atomic E-state index is 0.630. The molecule has 0 fully saturated rings. The van der Waals surface area contributed by atoms with E-state index in [0.29, 0.717) is 5.89 Å². The SMILES string of the molecule is Cc1ccc(-c2nc3cc(-n4cnnc4)ccc3o2)cc1. The maximum Gasteiger partial charge on any atom is 0.227 e. The second-order valence-corrected chi connectivity index (χ2v) is 4.91. The number of aryl methyl sites for hydroxylation is 1. The zero-order chi connectivity index (χ0) is 14.2. The summed E-state index contributed by atoms with van der Waals surface area (Å²) in [5, 5.41) is 7.62. The number of nitrogens with zero attached hydrogens (tertiary/aromatic N) is 4. The third kappa shape index (κ3) is 2.08. The lowest BCUT2D eigenvalue weighted by Crippen LogP contribution is -1.88. The van der Waals surface area contributed by atoms with E-state index in [1.807, 2.05) is 47.0 Å². The van der Waals surface area contributed by atoms with Gasteiger partial charge in [-0.05, 0) is 37.3 Å². The minimum Gasteiger partial charge on any atom is -0.436 e. The summed E-state index contributed by atoms with van der Waals surface area (Å²) in [5.41, 5.74) is 4.72. The quantitative estimate of drug-likeness (QED) is 0.563. The van der Waals surface area contributed by atoms with Gasteiger partial charge in [0.25, 0.3) is 0 Å². The van der Waals surface area contributed by atoms with Crippen molar-refractivity contribution in [2.75, 3.05) is 0 Å². The molecule has 0 N–H and O–H groups in total. The van der Waals surface area contributed by atoms with E-state index in [0.717, 1.165) is 22.4 Å². The lowest BCUT2D eigenvalue weighted by atomic mass is 10.1. The molecular formula is C16H12N4O. The van der Waals surface area contributed by atoms with Crippen LogP contribution < -0.4 is 0 Å². The maximum absolute atomic E-state index is 5.81. The molecule has 0 radical (unpaired) electrons. The molecule has 5 heteroatoms. The Labute approximate surface area is 120 Å². The van der Waals surface area contributed by atoms with Crippen LogP contribution in [0.3, 0.4) is 0 Å². The van der Waals surface area contributed by atoms with Crippen LogP contribution in [0.1, 0.15) is 5.56 Å². The van der Waals surface area contributed by atoms with Gasteiger partial charge >= 0.3 is 0 Å². The van der Waals surface area contributed by atoms with Gasteiger partial charge in [0.1, 0.15) is 18.2 Å². The first-order valence-corrected chi connectivity index (χ1v) is 6.62. The summed E-state index contributed by atoms with van der Waals surface area (Å²) >= 11 is 0. The summed E-state index contributed by atoms with van der Waals surface area (Å²) in [4.78, 5) is 4.56. The number of hydrogen-bond acceptors (Lipinski definition) is 4. The number of hydrogen-bond donors (Lipinski definition) is 0. The van der Waals surface area contributed by atoms with Crippen LogP contribution >= 0.6 is 0 Å². The molecule has 4 rings (SSSR count). The molecular weight excluding hydrogens is 264 g/mol. The highest BCUT2D eigenvalue weighted by molar-refractivity contribution is 5.78. The van der Waals surface area contributed by atoms with Crippen LogP contribution in [0.15, 0.2) is 59.5 Å². The molecule has 0 bridgehead atoms. The van der Waals surface area contributed by atoms with Crippen molar-refractivity contribution in [3.05, 3.63) is 60.7 Å². The molecule has 2 heterocycles. The van der Waals surface area contributed by atoms with Gasteiger partial charge < -0.3 is 4.42 Å². The van der Waals surface area contributed by atoms with E-state index in [9.17, 15) is 0 Å². The molecule has 4 aromatic rings. The summed E-state index contributed by atoms with van der Waals surface area (Å²) in [6, 6.07) is 14.0. The summed E-state index contributed by atoms with van der Waals surface area (Å²) in [7, 11) is 0. The third-order valence-corrected chi connectivity index (χ3v) is 3.39. The van der Waals surface area contributed by atoms with Crippen molar-refractivity contribution in [2.24, 2.45) is 0 Å². The van der Waals surface area contributed by atoms with E-state index in [4.69, 9.17) is 4.42 Å². The number of oxazole rings is 1. The van der Waals surface area contributed by atoms with Gasteiger partial charge in [-0.15, -0.1) is 10.2 Å². The second kappa shape index (κ2) is 4.56. The zero-order valence-electron chi connectivity index (χ0n) is 11.4. The number of rotatable bonds is 2. The Balaban J connectivity index is 1.81. The Bertz CT molecular complexity index is 892. The molecule has 0 atom stereocenters. The van der Waals surface area contributed by atoms with Crippen LogP contribution in [0.4, 0.5) is 0 Å². The highest BCUT2D eigenvalue weighted by Crippen LogP contribution is 2.25. The molecule has 0 spiro atoms. The highest BCUT2D eigenvalue weighted by Gasteiger charge is 2.09. The molecule has 0 amide bonds. The van der Waals surface area contributed by atoms with Gasteiger partial charge in [-0.1, -0.05) is 17.7 Å². The molecule has 2 aromatic carbocycles. The Morgan fingerprint density at radius 3 is 2.48 bits per heavy atom. The van der Waals surface area contributed by atoms with Crippen LogP contribution in [0.25, 0.3) is 28.2 Å². The van der Waals surface area contributed by atoms with Crippen LogP contribution in [-0.4, -0.2) is 19.7 Å². The van der Waals surface area contributed by atoms with Crippen molar-refractivity contribution in [3.8, 4) is 17.1 Å². The third-order valence-electron chi connectivity index (χ3n) is 3.39. The predicted molar refractivity (Wildman–Crippen MR) is 79.1 cm³/mol. The molecule has 2 aromatic heterocycles. The van der Waals surface area contributed by atoms with Crippen molar-refractivity contribution in [1.29, 1.82) is 0 Å². The van der Waals surface area contributed by atoms with Crippen molar-refractivity contribution >= 4 is 11.1 Å². The van der Waals surface area contributed by atoms with Crippen LogP contribution in [-0.2, 0) is 0 Å². The van der Waals surface area contributed by atoms with Crippen molar-refractivity contribution in [3.63, 3.8) is 0 Å². The number of aromatic nitrogens is 4. The second-order valence-electron chi connectivity index (χ2n) is 4.91. The Morgan fingerprint density at radius 1 is 0.952 bits per heavy atom. The Hall–Kier alpha value is -2.95. The molecule has 0 aliphatic heterocycles. The van der Waals surface area contributed by atoms with Gasteiger partial charge in [0, 0.05) is 5.56 Å². The van der Waals surface area contributed by atoms with Gasteiger partial charge in [-0.25, -0.2) is 4.98 Å². The van der Waals surface area contributed by atoms with Gasteiger partial charge in [0.05, 0.1) is 5.69 Å². The molecule has 102 valence electrons.